The molecule has 1 rings (SSSR count). The highest BCUT2D eigenvalue weighted by Gasteiger charge is 2.01. The van der Waals surface area contributed by atoms with Gasteiger partial charge in [-0.2, -0.15) is 0 Å². The van der Waals surface area contributed by atoms with Crippen LogP contribution in [0.2, 0.25) is 10.0 Å². The minimum atomic E-state index is 0.343. The average Bonchev–Trinajstić information content (AvgIpc) is 2.20. The third-order valence-corrected chi connectivity index (χ3v) is 2.56. The number of hydrogen-bond donors (Lipinski definition) is 1. The predicted octanol–water partition coefficient (Wildman–Crippen LogP) is 4.12. The number of benzene rings is 1. The molecular formula is C10H11Cl2NOS. The summed E-state index contributed by atoms with van der Waals surface area (Å²) in [6.07, 6.45) is 0.920. The molecule has 0 bridgehead atoms. The first-order chi connectivity index (χ1) is 7.13. The Balaban J connectivity index is 2.57. The van der Waals surface area contributed by atoms with Crippen LogP contribution in [0.5, 0.6) is 0 Å². The van der Waals surface area contributed by atoms with E-state index in [2.05, 4.69) is 5.32 Å². The second-order valence-corrected chi connectivity index (χ2v) is 4.07. The van der Waals surface area contributed by atoms with Crippen molar-refractivity contribution >= 4 is 46.3 Å². The molecule has 0 aromatic heterocycles. The van der Waals surface area contributed by atoms with Crippen molar-refractivity contribution in [3.63, 3.8) is 0 Å². The second-order valence-electron chi connectivity index (χ2n) is 2.89. The van der Waals surface area contributed by atoms with Gasteiger partial charge in [-0.05, 0) is 36.8 Å². The monoisotopic (exact) mass is 263 g/mol. The topological polar surface area (TPSA) is 21.3 Å². The van der Waals surface area contributed by atoms with Crippen molar-refractivity contribution in [1.82, 2.24) is 0 Å². The SMILES string of the molecule is CCCOC(=S)Nc1ccc(Cl)c(Cl)c1. The number of anilines is 1. The van der Waals surface area contributed by atoms with Gasteiger partial charge in [-0.3, -0.25) is 0 Å². The molecule has 0 aliphatic carbocycles. The third-order valence-electron chi connectivity index (χ3n) is 1.60. The van der Waals surface area contributed by atoms with Crippen molar-refractivity contribution in [3.05, 3.63) is 28.2 Å². The van der Waals surface area contributed by atoms with E-state index >= 15 is 0 Å². The Labute approximate surface area is 105 Å². The summed E-state index contributed by atoms with van der Waals surface area (Å²) in [4.78, 5) is 0. The summed E-state index contributed by atoms with van der Waals surface area (Å²) in [5.41, 5.74) is 0.769. The molecule has 2 nitrogen and oxygen atoms in total. The maximum absolute atomic E-state index is 5.85. The van der Waals surface area contributed by atoms with Gasteiger partial charge in [0, 0.05) is 5.69 Å². The van der Waals surface area contributed by atoms with Crippen LogP contribution in [0.15, 0.2) is 18.2 Å². The van der Waals surface area contributed by atoms with Gasteiger partial charge in [0.15, 0.2) is 0 Å². The van der Waals surface area contributed by atoms with Crippen LogP contribution >= 0.6 is 35.4 Å². The average molecular weight is 264 g/mol. The highest BCUT2D eigenvalue weighted by Crippen LogP contribution is 2.24. The zero-order chi connectivity index (χ0) is 11.3. The Hall–Kier alpha value is -0.510. The van der Waals surface area contributed by atoms with Gasteiger partial charge in [-0.25, -0.2) is 0 Å². The molecule has 0 aliphatic heterocycles. The lowest BCUT2D eigenvalue weighted by Gasteiger charge is -2.09. The summed E-state index contributed by atoms with van der Waals surface area (Å²) in [7, 11) is 0. The van der Waals surface area contributed by atoms with Crippen LogP contribution in [-0.4, -0.2) is 11.8 Å². The molecule has 15 heavy (non-hydrogen) atoms. The van der Waals surface area contributed by atoms with E-state index in [4.69, 9.17) is 40.2 Å². The largest absolute Gasteiger partial charge is 0.471 e. The van der Waals surface area contributed by atoms with Crippen LogP contribution in [0.25, 0.3) is 0 Å². The number of ether oxygens (including phenoxy) is 1. The minimum Gasteiger partial charge on any atom is -0.471 e. The lowest BCUT2D eigenvalue weighted by molar-refractivity contribution is 0.312. The molecule has 0 saturated carbocycles. The zero-order valence-corrected chi connectivity index (χ0v) is 10.5. The third kappa shape index (κ3) is 4.24. The van der Waals surface area contributed by atoms with Gasteiger partial charge in [0.2, 0.25) is 0 Å². The number of halogens is 2. The van der Waals surface area contributed by atoms with Gasteiger partial charge < -0.3 is 10.1 Å². The molecule has 1 N–H and O–H groups in total. The summed E-state index contributed by atoms with van der Waals surface area (Å²) in [6.45, 7) is 2.62. The Kier molecular flexibility index (Phi) is 5.15. The molecule has 0 saturated heterocycles. The molecule has 0 spiro atoms. The maximum Gasteiger partial charge on any atom is 0.261 e. The highest BCUT2D eigenvalue weighted by molar-refractivity contribution is 7.80. The molecule has 0 atom stereocenters. The number of hydrogen-bond acceptors (Lipinski definition) is 2. The first-order valence-electron chi connectivity index (χ1n) is 4.52. The molecule has 82 valence electrons. The van der Waals surface area contributed by atoms with Crippen LogP contribution < -0.4 is 5.32 Å². The van der Waals surface area contributed by atoms with Crippen molar-refractivity contribution in [2.24, 2.45) is 0 Å². The normalized spacial score (nSPS) is 9.80. The Morgan fingerprint density at radius 3 is 2.73 bits per heavy atom. The summed E-state index contributed by atoms with van der Waals surface area (Å²) in [5.74, 6) is 0. The van der Waals surface area contributed by atoms with Gasteiger partial charge in [0.1, 0.15) is 0 Å². The fourth-order valence-electron chi connectivity index (χ4n) is 0.923. The lowest BCUT2D eigenvalue weighted by Crippen LogP contribution is -2.13. The second kappa shape index (κ2) is 6.16. The first kappa shape index (κ1) is 12.6. The van der Waals surface area contributed by atoms with E-state index in [1.54, 1.807) is 18.2 Å². The van der Waals surface area contributed by atoms with Crippen LogP contribution in [0.3, 0.4) is 0 Å². The van der Waals surface area contributed by atoms with Crippen LogP contribution in [0.4, 0.5) is 5.69 Å². The predicted molar refractivity (Wildman–Crippen MR) is 68.9 cm³/mol. The Morgan fingerprint density at radius 1 is 1.40 bits per heavy atom. The fraction of sp³-hybridized carbons (Fsp3) is 0.300. The number of thiocarbonyl (C=S) groups is 1. The van der Waals surface area contributed by atoms with E-state index in [0.717, 1.165) is 12.1 Å². The molecular weight excluding hydrogens is 253 g/mol. The van der Waals surface area contributed by atoms with E-state index in [1.807, 2.05) is 6.92 Å². The van der Waals surface area contributed by atoms with Gasteiger partial charge in [-0.15, -0.1) is 0 Å². The van der Waals surface area contributed by atoms with Crippen molar-refractivity contribution in [3.8, 4) is 0 Å². The first-order valence-corrected chi connectivity index (χ1v) is 5.68. The molecule has 0 amide bonds. The van der Waals surface area contributed by atoms with Crippen LogP contribution in [0.1, 0.15) is 13.3 Å². The van der Waals surface area contributed by atoms with Crippen molar-refractivity contribution < 1.29 is 4.74 Å². The van der Waals surface area contributed by atoms with E-state index < -0.39 is 0 Å². The molecule has 1 aromatic rings. The van der Waals surface area contributed by atoms with E-state index in [1.165, 1.54) is 0 Å². The maximum atomic E-state index is 5.85. The van der Waals surface area contributed by atoms with E-state index in [-0.39, 0.29) is 0 Å². The zero-order valence-electron chi connectivity index (χ0n) is 8.22. The molecule has 1 aromatic carbocycles. The van der Waals surface area contributed by atoms with Crippen LogP contribution in [-0.2, 0) is 4.74 Å². The molecule has 0 radical (unpaired) electrons. The summed E-state index contributed by atoms with van der Waals surface area (Å²) >= 11 is 16.6. The molecule has 5 heteroatoms. The van der Waals surface area contributed by atoms with E-state index in [9.17, 15) is 0 Å². The Bertz CT molecular complexity index is 357. The fourth-order valence-corrected chi connectivity index (χ4v) is 1.42. The summed E-state index contributed by atoms with van der Waals surface area (Å²) in [6, 6.07) is 5.19. The number of nitrogens with one attached hydrogen (secondary N) is 1. The number of rotatable bonds is 3. The Morgan fingerprint density at radius 2 is 2.13 bits per heavy atom. The van der Waals surface area contributed by atoms with Gasteiger partial charge in [-0.1, -0.05) is 30.1 Å². The molecule has 0 aliphatic rings. The van der Waals surface area contributed by atoms with Gasteiger partial charge in [0.05, 0.1) is 16.7 Å². The standard InChI is InChI=1S/C10H11Cl2NOS/c1-2-5-14-10(15)13-7-3-4-8(11)9(12)6-7/h3-4,6H,2,5H2,1H3,(H,13,15). The molecule has 0 fully saturated rings. The highest BCUT2D eigenvalue weighted by atomic mass is 35.5. The van der Waals surface area contributed by atoms with Crippen molar-refractivity contribution in [2.45, 2.75) is 13.3 Å². The van der Waals surface area contributed by atoms with Crippen LogP contribution in [0, 0.1) is 0 Å². The van der Waals surface area contributed by atoms with Gasteiger partial charge in [0.25, 0.3) is 5.17 Å². The van der Waals surface area contributed by atoms with E-state index in [0.29, 0.717) is 21.8 Å². The summed E-state index contributed by atoms with van der Waals surface area (Å²) in [5, 5.41) is 4.26. The van der Waals surface area contributed by atoms with Crippen molar-refractivity contribution in [2.75, 3.05) is 11.9 Å². The smallest absolute Gasteiger partial charge is 0.261 e. The molecule has 0 unspecified atom stereocenters. The van der Waals surface area contributed by atoms with Gasteiger partial charge >= 0.3 is 0 Å². The van der Waals surface area contributed by atoms with Crippen molar-refractivity contribution in [1.29, 1.82) is 0 Å². The lowest BCUT2D eigenvalue weighted by atomic mass is 10.3. The summed E-state index contributed by atoms with van der Waals surface area (Å²) < 4.78 is 5.21. The quantitative estimate of drug-likeness (QED) is 0.830. The molecule has 0 heterocycles. The minimum absolute atomic E-state index is 0.343.